The number of hydrogen-bond acceptors (Lipinski definition) is 2. The number of aromatic amines is 1. The van der Waals surface area contributed by atoms with E-state index in [-0.39, 0.29) is 5.69 Å². The van der Waals surface area contributed by atoms with Crippen LogP contribution < -0.4 is 0 Å². The molecule has 0 fully saturated rings. The summed E-state index contributed by atoms with van der Waals surface area (Å²) in [4.78, 5) is 17.5. The zero-order valence-electron chi connectivity index (χ0n) is 8.19. The van der Waals surface area contributed by atoms with Crippen LogP contribution in [0.3, 0.4) is 0 Å². The van der Waals surface area contributed by atoms with Gasteiger partial charge in [0.05, 0.1) is 6.33 Å². The van der Waals surface area contributed by atoms with Gasteiger partial charge in [-0.25, -0.2) is 9.78 Å². The minimum Gasteiger partial charge on any atom is -0.477 e. The molecule has 0 unspecified atom stereocenters. The number of carboxylic acid groups (broad SMARTS) is 1. The first-order valence-electron chi connectivity index (χ1n) is 4.53. The number of imidazole rings is 1. The second kappa shape index (κ2) is 3.57. The highest BCUT2D eigenvalue weighted by molar-refractivity contribution is 5.93. The molecule has 0 radical (unpaired) electrons. The van der Waals surface area contributed by atoms with Crippen LogP contribution in [0, 0.1) is 6.92 Å². The highest BCUT2D eigenvalue weighted by Gasteiger charge is 2.15. The van der Waals surface area contributed by atoms with Crippen LogP contribution in [0.1, 0.15) is 16.1 Å². The molecule has 0 aliphatic heterocycles. The predicted molar refractivity (Wildman–Crippen MR) is 55.7 cm³/mol. The standard InChI is InChI=1S/C11H10N2O2/c1-7-4-2-3-5-8(7)9-10(11(14)15)13-6-12-9/h2-6H,1H3,(H,12,13)(H,14,15). The average Bonchev–Trinajstić information content (AvgIpc) is 2.67. The van der Waals surface area contributed by atoms with Crippen molar-refractivity contribution in [2.75, 3.05) is 0 Å². The van der Waals surface area contributed by atoms with Gasteiger partial charge in [0.2, 0.25) is 0 Å². The van der Waals surface area contributed by atoms with Crippen molar-refractivity contribution in [2.45, 2.75) is 6.92 Å². The van der Waals surface area contributed by atoms with Crippen molar-refractivity contribution in [2.24, 2.45) is 0 Å². The lowest BCUT2D eigenvalue weighted by Crippen LogP contribution is -1.99. The van der Waals surface area contributed by atoms with Crippen molar-refractivity contribution in [3.05, 3.63) is 41.9 Å². The van der Waals surface area contributed by atoms with E-state index < -0.39 is 5.97 Å². The van der Waals surface area contributed by atoms with Crippen LogP contribution in [0.25, 0.3) is 11.3 Å². The highest BCUT2D eigenvalue weighted by atomic mass is 16.4. The van der Waals surface area contributed by atoms with Gasteiger partial charge >= 0.3 is 5.97 Å². The van der Waals surface area contributed by atoms with E-state index >= 15 is 0 Å². The van der Waals surface area contributed by atoms with Crippen LogP contribution in [0.15, 0.2) is 30.6 Å². The van der Waals surface area contributed by atoms with E-state index in [0.717, 1.165) is 11.1 Å². The second-order valence-corrected chi connectivity index (χ2v) is 3.25. The van der Waals surface area contributed by atoms with E-state index in [1.165, 1.54) is 6.33 Å². The molecule has 0 amide bonds. The largest absolute Gasteiger partial charge is 0.477 e. The van der Waals surface area contributed by atoms with Crippen LogP contribution in [-0.2, 0) is 0 Å². The summed E-state index contributed by atoms with van der Waals surface area (Å²) >= 11 is 0. The van der Waals surface area contributed by atoms with Gasteiger partial charge in [-0.05, 0) is 12.5 Å². The summed E-state index contributed by atoms with van der Waals surface area (Å²) in [5.74, 6) is -0.995. The quantitative estimate of drug-likeness (QED) is 0.783. The number of benzene rings is 1. The van der Waals surface area contributed by atoms with E-state index in [1.807, 2.05) is 31.2 Å². The number of nitrogens with one attached hydrogen (secondary N) is 1. The molecule has 0 saturated carbocycles. The molecule has 1 aromatic heterocycles. The normalized spacial score (nSPS) is 10.2. The zero-order chi connectivity index (χ0) is 10.8. The summed E-state index contributed by atoms with van der Waals surface area (Å²) in [5.41, 5.74) is 2.47. The molecule has 0 bridgehead atoms. The number of carboxylic acids is 1. The van der Waals surface area contributed by atoms with Gasteiger partial charge in [-0.15, -0.1) is 0 Å². The Morgan fingerprint density at radius 1 is 1.40 bits per heavy atom. The fourth-order valence-electron chi connectivity index (χ4n) is 1.50. The first kappa shape index (κ1) is 9.45. The van der Waals surface area contributed by atoms with Gasteiger partial charge in [-0.2, -0.15) is 0 Å². The fourth-order valence-corrected chi connectivity index (χ4v) is 1.50. The summed E-state index contributed by atoms with van der Waals surface area (Å²) < 4.78 is 0. The molecule has 0 aliphatic rings. The number of carbonyl (C=O) groups is 1. The van der Waals surface area contributed by atoms with Gasteiger partial charge in [0.15, 0.2) is 5.69 Å². The Morgan fingerprint density at radius 2 is 2.13 bits per heavy atom. The van der Waals surface area contributed by atoms with Gasteiger partial charge in [0, 0.05) is 5.56 Å². The Kier molecular flexibility index (Phi) is 2.25. The molecule has 0 atom stereocenters. The van der Waals surface area contributed by atoms with Gasteiger partial charge in [0.25, 0.3) is 0 Å². The summed E-state index contributed by atoms with van der Waals surface area (Å²) in [6, 6.07) is 7.56. The Hall–Kier alpha value is -2.10. The first-order chi connectivity index (χ1) is 7.20. The van der Waals surface area contributed by atoms with Gasteiger partial charge < -0.3 is 10.1 Å². The van der Waals surface area contributed by atoms with Crippen molar-refractivity contribution in [1.29, 1.82) is 0 Å². The summed E-state index contributed by atoms with van der Waals surface area (Å²) in [7, 11) is 0. The number of H-pyrrole nitrogens is 1. The monoisotopic (exact) mass is 202 g/mol. The second-order valence-electron chi connectivity index (χ2n) is 3.25. The molecule has 4 heteroatoms. The summed E-state index contributed by atoms with van der Waals surface area (Å²) in [6.45, 7) is 1.93. The molecular formula is C11H10N2O2. The number of hydrogen-bond donors (Lipinski definition) is 2. The van der Waals surface area contributed by atoms with E-state index in [2.05, 4.69) is 9.97 Å². The third-order valence-corrected chi connectivity index (χ3v) is 2.25. The van der Waals surface area contributed by atoms with E-state index in [9.17, 15) is 4.79 Å². The van der Waals surface area contributed by atoms with Crippen LogP contribution in [-0.4, -0.2) is 21.0 Å². The Labute approximate surface area is 86.6 Å². The first-order valence-corrected chi connectivity index (χ1v) is 4.53. The maximum absolute atomic E-state index is 10.9. The molecule has 2 N–H and O–H groups in total. The number of aromatic nitrogens is 2. The molecule has 4 nitrogen and oxygen atoms in total. The molecular weight excluding hydrogens is 192 g/mol. The Morgan fingerprint density at radius 3 is 2.80 bits per heavy atom. The molecule has 0 spiro atoms. The van der Waals surface area contributed by atoms with Gasteiger partial charge in [-0.3, -0.25) is 0 Å². The smallest absolute Gasteiger partial charge is 0.354 e. The average molecular weight is 202 g/mol. The maximum Gasteiger partial charge on any atom is 0.354 e. The molecule has 0 saturated heterocycles. The lowest BCUT2D eigenvalue weighted by atomic mass is 10.0. The highest BCUT2D eigenvalue weighted by Crippen LogP contribution is 2.23. The minimum atomic E-state index is -0.995. The van der Waals surface area contributed by atoms with Crippen molar-refractivity contribution in [1.82, 2.24) is 9.97 Å². The van der Waals surface area contributed by atoms with E-state index in [4.69, 9.17) is 5.11 Å². The predicted octanol–water partition coefficient (Wildman–Crippen LogP) is 2.08. The molecule has 15 heavy (non-hydrogen) atoms. The fraction of sp³-hybridized carbons (Fsp3) is 0.0909. The van der Waals surface area contributed by atoms with E-state index in [0.29, 0.717) is 5.69 Å². The number of aromatic carboxylic acids is 1. The van der Waals surface area contributed by atoms with Crippen LogP contribution in [0.2, 0.25) is 0 Å². The van der Waals surface area contributed by atoms with Gasteiger partial charge in [-0.1, -0.05) is 24.3 Å². The SMILES string of the molecule is Cc1ccccc1-c1nc[nH]c1C(=O)O. The van der Waals surface area contributed by atoms with Gasteiger partial charge in [0.1, 0.15) is 5.69 Å². The Bertz CT molecular complexity index is 503. The molecule has 0 aliphatic carbocycles. The third-order valence-electron chi connectivity index (χ3n) is 2.25. The minimum absolute atomic E-state index is 0.129. The van der Waals surface area contributed by atoms with Crippen LogP contribution in [0.5, 0.6) is 0 Å². The third kappa shape index (κ3) is 1.61. The molecule has 76 valence electrons. The summed E-state index contributed by atoms with van der Waals surface area (Å²) in [5, 5.41) is 8.94. The van der Waals surface area contributed by atoms with Crippen molar-refractivity contribution in [3.8, 4) is 11.3 Å². The lowest BCUT2D eigenvalue weighted by Gasteiger charge is -2.02. The zero-order valence-corrected chi connectivity index (χ0v) is 8.19. The number of aryl methyl sites for hydroxylation is 1. The van der Waals surface area contributed by atoms with Crippen LogP contribution >= 0.6 is 0 Å². The molecule has 2 aromatic rings. The van der Waals surface area contributed by atoms with Crippen molar-refractivity contribution < 1.29 is 9.90 Å². The van der Waals surface area contributed by atoms with Crippen LogP contribution in [0.4, 0.5) is 0 Å². The summed E-state index contributed by atoms with van der Waals surface area (Å²) in [6.07, 6.45) is 1.39. The van der Waals surface area contributed by atoms with Crippen molar-refractivity contribution in [3.63, 3.8) is 0 Å². The molecule has 1 heterocycles. The number of rotatable bonds is 2. The lowest BCUT2D eigenvalue weighted by molar-refractivity contribution is 0.0692. The van der Waals surface area contributed by atoms with E-state index in [1.54, 1.807) is 0 Å². The van der Waals surface area contributed by atoms with Crippen molar-refractivity contribution >= 4 is 5.97 Å². The Balaban J connectivity index is 2.59. The maximum atomic E-state index is 10.9. The topological polar surface area (TPSA) is 66.0 Å². The molecule has 2 rings (SSSR count). The molecule has 1 aromatic carbocycles. The number of nitrogens with zero attached hydrogens (tertiary/aromatic N) is 1.